The fraction of sp³-hybridized carbons (Fsp3) is 0.308. The van der Waals surface area contributed by atoms with Crippen molar-refractivity contribution in [3.8, 4) is 0 Å². The van der Waals surface area contributed by atoms with Crippen LogP contribution in [0.15, 0.2) is 35.6 Å². The average molecular weight is 267 g/mol. The molecule has 2 aromatic rings. The Morgan fingerprint density at radius 1 is 1.29 bits per heavy atom. The summed E-state index contributed by atoms with van der Waals surface area (Å²) in [6, 6.07) is 8.60. The SMILES string of the molecule is Cc1ccc(CSc2ncc(CCl)n2C)cc1. The van der Waals surface area contributed by atoms with E-state index in [1.165, 1.54) is 11.1 Å². The quantitative estimate of drug-likeness (QED) is 0.619. The van der Waals surface area contributed by atoms with Gasteiger partial charge in [0, 0.05) is 12.8 Å². The normalized spacial score (nSPS) is 10.8. The Bertz CT molecular complexity index is 491. The molecule has 1 heterocycles. The van der Waals surface area contributed by atoms with Crippen molar-refractivity contribution in [2.75, 3.05) is 0 Å². The van der Waals surface area contributed by atoms with Crippen LogP contribution in [-0.4, -0.2) is 9.55 Å². The number of rotatable bonds is 4. The van der Waals surface area contributed by atoms with Gasteiger partial charge in [0.1, 0.15) is 0 Å². The molecule has 2 nitrogen and oxygen atoms in total. The van der Waals surface area contributed by atoms with E-state index in [4.69, 9.17) is 11.6 Å². The lowest BCUT2D eigenvalue weighted by Gasteiger charge is -2.04. The second kappa shape index (κ2) is 5.61. The van der Waals surface area contributed by atoms with Crippen LogP contribution in [0.4, 0.5) is 0 Å². The van der Waals surface area contributed by atoms with Crippen LogP contribution >= 0.6 is 23.4 Å². The Labute approximate surface area is 111 Å². The molecule has 0 amide bonds. The van der Waals surface area contributed by atoms with Crippen molar-refractivity contribution in [3.63, 3.8) is 0 Å². The molecule has 17 heavy (non-hydrogen) atoms. The molecular weight excluding hydrogens is 252 g/mol. The first-order chi connectivity index (χ1) is 8.20. The van der Waals surface area contributed by atoms with Crippen molar-refractivity contribution in [2.45, 2.75) is 23.7 Å². The Morgan fingerprint density at radius 2 is 2.00 bits per heavy atom. The van der Waals surface area contributed by atoms with Crippen molar-refractivity contribution in [2.24, 2.45) is 7.05 Å². The highest BCUT2D eigenvalue weighted by Crippen LogP contribution is 2.22. The largest absolute Gasteiger partial charge is 0.325 e. The van der Waals surface area contributed by atoms with E-state index >= 15 is 0 Å². The van der Waals surface area contributed by atoms with Gasteiger partial charge in [-0.2, -0.15) is 0 Å². The minimum atomic E-state index is 0.509. The van der Waals surface area contributed by atoms with Crippen molar-refractivity contribution in [1.29, 1.82) is 0 Å². The lowest BCUT2D eigenvalue weighted by atomic mass is 10.2. The van der Waals surface area contributed by atoms with E-state index in [0.717, 1.165) is 16.6 Å². The fourth-order valence-electron chi connectivity index (χ4n) is 1.52. The van der Waals surface area contributed by atoms with Gasteiger partial charge >= 0.3 is 0 Å². The number of hydrogen-bond acceptors (Lipinski definition) is 2. The number of aromatic nitrogens is 2. The van der Waals surface area contributed by atoms with Crippen LogP contribution in [0.2, 0.25) is 0 Å². The summed E-state index contributed by atoms with van der Waals surface area (Å²) in [5.74, 6) is 1.45. The zero-order valence-corrected chi connectivity index (χ0v) is 11.6. The third-order valence-electron chi connectivity index (χ3n) is 2.67. The summed E-state index contributed by atoms with van der Waals surface area (Å²) in [7, 11) is 2.00. The number of aryl methyl sites for hydroxylation is 1. The van der Waals surface area contributed by atoms with E-state index in [-0.39, 0.29) is 0 Å². The van der Waals surface area contributed by atoms with Crippen LogP contribution in [0.5, 0.6) is 0 Å². The maximum absolute atomic E-state index is 5.81. The lowest BCUT2D eigenvalue weighted by molar-refractivity contribution is 0.761. The predicted molar refractivity (Wildman–Crippen MR) is 73.5 cm³/mol. The number of thioether (sulfide) groups is 1. The van der Waals surface area contributed by atoms with Gasteiger partial charge in [0.25, 0.3) is 0 Å². The fourth-order valence-corrected chi connectivity index (χ4v) is 2.69. The third kappa shape index (κ3) is 3.05. The highest BCUT2D eigenvalue weighted by Gasteiger charge is 2.06. The van der Waals surface area contributed by atoms with Crippen LogP contribution in [0.25, 0.3) is 0 Å². The van der Waals surface area contributed by atoms with Crippen molar-refractivity contribution >= 4 is 23.4 Å². The summed E-state index contributed by atoms with van der Waals surface area (Å²) in [6.45, 7) is 2.10. The van der Waals surface area contributed by atoms with Gasteiger partial charge in [-0.05, 0) is 12.5 Å². The van der Waals surface area contributed by atoms with Gasteiger partial charge in [0.2, 0.25) is 0 Å². The smallest absolute Gasteiger partial charge is 0.168 e. The Morgan fingerprint density at radius 3 is 2.59 bits per heavy atom. The van der Waals surface area contributed by atoms with Crippen LogP contribution in [-0.2, 0) is 18.7 Å². The molecule has 0 aliphatic heterocycles. The number of nitrogens with zero attached hydrogens (tertiary/aromatic N) is 2. The zero-order chi connectivity index (χ0) is 12.3. The van der Waals surface area contributed by atoms with Gasteiger partial charge in [0.05, 0.1) is 17.8 Å². The zero-order valence-electron chi connectivity index (χ0n) is 9.98. The lowest BCUT2D eigenvalue weighted by Crippen LogP contribution is -1.95. The van der Waals surface area contributed by atoms with E-state index in [1.807, 2.05) is 17.8 Å². The molecule has 0 atom stereocenters. The van der Waals surface area contributed by atoms with E-state index in [2.05, 4.69) is 36.2 Å². The highest BCUT2D eigenvalue weighted by molar-refractivity contribution is 7.98. The highest BCUT2D eigenvalue weighted by atomic mass is 35.5. The first kappa shape index (κ1) is 12.5. The van der Waals surface area contributed by atoms with Gasteiger partial charge in [-0.1, -0.05) is 41.6 Å². The molecule has 0 radical (unpaired) electrons. The summed E-state index contributed by atoms with van der Waals surface area (Å²) in [5, 5.41) is 1.02. The topological polar surface area (TPSA) is 17.8 Å². The number of imidazole rings is 1. The minimum Gasteiger partial charge on any atom is -0.325 e. The molecule has 0 spiro atoms. The van der Waals surface area contributed by atoms with Crippen LogP contribution in [0, 0.1) is 6.92 Å². The number of hydrogen-bond donors (Lipinski definition) is 0. The Balaban J connectivity index is 2.02. The Kier molecular flexibility index (Phi) is 4.13. The van der Waals surface area contributed by atoms with Gasteiger partial charge in [-0.3, -0.25) is 0 Å². The molecule has 90 valence electrons. The van der Waals surface area contributed by atoms with Crippen LogP contribution in [0.1, 0.15) is 16.8 Å². The van der Waals surface area contributed by atoms with Gasteiger partial charge < -0.3 is 4.57 Å². The molecule has 0 fully saturated rings. The molecule has 0 bridgehead atoms. The maximum atomic E-state index is 5.81. The second-order valence-electron chi connectivity index (χ2n) is 4.00. The summed E-state index contributed by atoms with van der Waals surface area (Å²) < 4.78 is 2.05. The number of halogens is 1. The first-order valence-electron chi connectivity index (χ1n) is 5.45. The van der Waals surface area contributed by atoms with Crippen molar-refractivity contribution < 1.29 is 0 Å². The Hall–Kier alpha value is -0.930. The molecule has 0 unspecified atom stereocenters. The van der Waals surface area contributed by atoms with Gasteiger partial charge in [-0.15, -0.1) is 11.6 Å². The van der Waals surface area contributed by atoms with Gasteiger partial charge in [-0.25, -0.2) is 4.98 Å². The van der Waals surface area contributed by atoms with Crippen LogP contribution < -0.4 is 0 Å². The average Bonchev–Trinajstić information content (AvgIpc) is 2.69. The van der Waals surface area contributed by atoms with Crippen molar-refractivity contribution in [3.05, 3.63) is 47.3 Å². The molecule has 0 saturated heterocycles. The van der Waals surface area contributed by atoms with Crippen molar-refractivity contribution in [1.82, 2.24) is 9.55 Å². The van der Waals surface area contributed by atoms with Crippen LogP contribution in [0.3, 0.4) is 0 Å². The van der Waals surface area contributed by atoms with E-state index in [9.17, 15) is 0 Å². The molecule has 0 aliphatic rings. The summed E-state index contributed by atoms with van der Waals surface area (Å²) >= 11 is 7.55. The maximum Gasteiger partial charge on any atom is 0.168 e. The van der Waals surface area contributed by atoms with E-state index in [1.54, 1.807) is 11.8 Å². The predicted octanol–water partition coefficient (Wildman–Crippen LogP) is 3.76. The minimum absolute atomic E-state index is 0.509. The molecule has 0 N–H and O–H groups in total. The first-order valence-corrected chi connectivity index (χ1v) is 6.97. The molecular formula is C13H15ClN2S. The molecule has 2 rings (SSSR count). The monoisotopic (exact) mass is 266 g/mol. The second-order valence-corrected chi connectivity index (χ2v) is 5.21. The molecule has 4 heteroatoms. The molecule has 0 aliphatic carbocycles. The standard InChI is InChI=1S/C13H15ClN2S/c1-10-3-5-11(6-4-10)9-17-13-15-8-12(7-14)16(13)2/h3-6,8H,7,9H2,1-2H3. The van der Waals surface area contributed by atoms with E-state index < -0.39 is 0 Å². The van der Waals surface area contributed by atoms with E-state index in [0.29, 0.717) is 5.88 Å². The molecule has 1 aromatic carbocycles. The summed E-state index contributed by atoms with van der Waals surface area (Å²) in [4.78, 5) is 4.36. The number of benzene rings is 1. The summed E-state index contributed by atoms with van der Waals surface area (Å²) in [5.41, 5.74) is 3.66. The van der Waals surface area contributed by atoms with Gasteiger partial charge in [0.15, 0.2) is 5.16 Å². The molecule has 0 saturated carbocycles. The molecule has 1 aromatic heterocycles. The number of alkyl halides is 1. The third-order valence-corrected chi connectivity index (χ3v) is 4.06. The summed E-state index contributed by atoms with van der Waals surface area (Å²) in [6.07, 6.45) is 1.84.